The Kier molecular flexibility index (Phi) is 7.90. The number of carbonyl (C=O) groups is 1. The minimum absolute atomic E-state index is 0.264. The average molecular weight is 621 g/mol. The molecule has 0 fully saturated rings. The third kappa shape index (κ3) is 5.20. The molecule has 1 aliphatic rings. The number of nitrogens with zero attached hydrogens (tertiary/aromatic N) is 2. The smallest absolute Gasteiger partial charge is 0.271 e. The van der Waals surface area contributed by atoms with Gasteiger partial charge < -0.3 is 19.5 Å². The Morgan fingerprint density at radius 1 is 1.02 bits per heavy atom. The first-order valence-corrected chi connectivity index (χ1v) is 13.9. The van der Waals surface area contributed by atoms with Crippen LogP contribution < -0.4 is 34.4 Å². The van der Waals surface area contributed by atoms with E-state index in [4.69, 9.17) is 19.2 Å². The molecule has 204 valence electrons. The van der Waals surface area contributed by atoms with E-state index in [9.17, 15) is 9.59 Å². The van der Waals surface area contributed by atoms with Gasteiger partial charge >= 0.3 is 0 Å². The van der Waals surface area contributed by atoms with E-state index in [1.807, 2.05) is 60.7 Å². The van der Waals surface area contributed by atoms with Crippen LogP contribution in [0.25, 0.3) is 6.08 Å². The summed E-state index contributed by atoms with van der Waals surface area (Å²) in [5.74, 6) is 1.37. The Hall–Kier alpha value is -4.15. The molecular formula is C30H26BrN3O5S. The van der Waals surface area contributed by atoms with Crippen molar-refractivity contribution in [3.63, 3.8) is 0 Å². The molecule has 1 atom stereocenters. The van der Waals surface area contributed by atoms with Crippen LogP contribution in [0.1, 0.15) is 24.1 Å². The second kappa shape index (κ2) is 11.5. The molecule has 0 radical (unpaired) electrons. The minimum Gasteiger partial charge on any atom is -0.497 e. The maximum absolute atomic E-state index is 14.0. The Balaban J connectivity index is 1.69. The molecule has 0 bridgehead atoms. The number of fused-ring (bicyclic) bond motifs is 1. The molecule has 1 aromatic heterocycles. The van der Waals surface area contributed by atoms with Crippen molar-refractivity contribution in [2.24, 2.45) is 4.99 Å². The fourth-order valence-corrected chi connectivity index (χ4v) is 6.30. The number of ether oxygens (including phenoxy) is 3. The summed E-state index contributed by atoms with van der Waals surface area (Å²) in [6, 6.07) is 19.5. The van der Waals surface area contributed by atoms with Crippen LogP contribution in [0, 0.1) is 0 Å². The number of carbonyl (C=O) groups excluding carboxylic acids is 1. The number of allylic oxidation sites excluding steroid dienone is 1. The van der Waals surface area contributed by atoms with Gasteiger partial charge in [0.25, 0.3) is 11.5 Å². The number of thiazole rings is 1. The van der Waals surface area contributed by atoms with Gasteiger partial charge in [-0.25, -0.2) is 4.99 Å². The summed E-state index contributed by atoms with van der Waals surface area (Å²) in [7, 11) is 4.70. The van der Waals surface area contributed by atoms with Gasteiger partial charge in [-0.15, -0.1) is 0 Å². The normalized spacial score (nSPS) is 14.8. The van der Waals surface area contributed by atoms with Crippen molar-refractivity contribution in [3.8, 4) is 17.2 Å². The zero-order valence-electron chi connectivity index (χ0n) is 22.2. The second-order valence-electron chi connectivity index (χ2n) is 8.92. The molecule has 4 aromatic rings. The molecule has 1 aliphatic heterocycles. The average Bonchev–Trinajstić information content (AvgIpc) is 3.26. The van der Waals surface area contributed by atoms with Gasteiger partial charge in [-0.1, -0.05) is 41.7 Å². The summed E-state index contributed by atoms with van der Waals surface area (Å²) in [4.78, 5) is 32.9. The molecule has 0 saturated heterocycles. The Morgan fingerprint density at radius 2 is 1.80 bits per heavy atom. The Bertz CT molecular complexity index is 1810. The SMILES string of the molecule is COc1cccc([C@H]2C(C(=O)Nc3ccccc3)=C(C)N=c3s/c(=C\c4cc(Br)c(OC)c(OC)c4)c(=O)n32)c1. The molecule has 1 amide bonds. The fourth-order valence-electron chi connectivity index (χ4n) is 4.63. The molecule has 0 saturated carbocycles. The summed E-state index contributed by atoms with van der Waals surface area (Å²) in [5, 5.41) is 2.96. The van der Waals surface area contributed by atoms with Gasteiger partial charge in [0.1, 0.15) is 5.75 Å². The molecule has 1 N–H and O–H groups in total. The largest absolute Gasteiger partial charge is 0.497 e. The quantitative estimate of drug-likeness (QED) is 0.325. The minimum atomic E-state index is -0.714. The number of para-hydroxylation sites is 1. The van der Waals surface area contributed by atoms with E-state index in [1.54, 1.807) is 45.0 Å². The maximum Gasteiger partial charge on any atom is 0.271 e. The van der Waals surface area contributed by atoms with E-state index >= 15 is 0 Å². The van der Waals surface area contributed by atoms with Gasteiger partial charge in [-0.3, -0.25) is 14.2 Å². The van der Waals surface area contributed by atoms with Crippen molar-refractivity contribution >= 4 is 44.9 Å². The highest BCUT2D eigenvalue weighted by atomic mass is 79.9. The van der Waals surface area contributed by atoms with E-state index in [0.717, 1.165) is 11.1 Å². The van der Waals surface area contributed by atoms with Crippen LogP contribution in [-0.4, -0.2) is 31.8 Å². The number of rotatable bonds is 7. The lowest BCUT2D eigenvalue weighted by Gasteiger charge is -2.25. The molecular weight excluding hydrogens is 594 g/mol. The van der Waals surface area contributed by atoms with Gasteiger partial charge in [0.05, 0.1) is 47.6 Å². The van der Waals surface area contributed by atoms with Gasteiger partial charge in [0.15, 0.2) is 16.3 Å². The number of methoxy groups -OCH3 is 3. The van der Waals surface area contributed by atoms with Crippen LogP contribution in [0.15, 0.2) is 92.3 Å². The van der Waals surface area contributed by atoms with Gasteiger partial charge in [0.2, 0.25) is 0 Å². The third-order valence-corrected chi connectivity index (χ3v) is 8.03. The molecule has 2 heterocycles. The van der Waals surface area contributed by atoms with E-state index < -0.39 is 6.04 Å². The number of amides is 1. The lowest BCUT2D eigenvalue weighted by atomic mass is 9.95. The monoisotopic (exact) mass is 619 g/mol. The third-order valence-electron chi connectivity index (χ3n) is 6.46. The van der Waals surface area contributed by atoms with Gasteiger partial charge in [-0.2, -0.15) is 0 Å². The lowest BCUT2D eigenvalue weighted by Crippen LogP contribution is -2.40. The van der Waals surface area contributed by atoms with Crippen LogP contribution in [0.3, 0.4) is 0 Å². The van der Waals surface area contributed by atoms with Crippen LogP contribution in [0.5, 0.6) is 17.2 Å². The standard InChI is InChI=1S/C30H26BrN3O5S/c1-17-25(28(35)33-20-10-6-5-7-11-20)26(19-9-8-12-21(16-19)37-2)34-29(36)24(40-30(34)32-17)15-18-13-22(31)27(39-4)23(14-18)38-3/h5-16,26H,1-4H3,(H,33,35)/b24-15-/t26-/m0/s1. The number of nitrogens with one attached hydrogen (secondary N) is 1. The topological polar surface area (TPSA) is 91.2 Å². The van der Waals surface area contributed by atoms with Crippen molar-refractivity contribution < 1.29 is 19.0 Å². The number of benzene rings is 3. The van der Waals surface area contributed by atoms with Crippen LogP contribution in [0.4, 0.5) is 5.69 Å². The second-order valence-corrected chi connectivity index (χ2v) is 10.8. The summed E-state index contributed by atoms with van der Waals surface area (Å²) < 4.78 is 19.1. The van der Waals surface area contributed by atoms with Gasteiger partial charge in [0, 0.05) is 5.69 Å². The van der Waals surface area contributed by atoms with E-state index in [2.05, 4.69) is 21.2 Å². The first-order valence-electron chi connectivity index (χ1n) is 12.3. The van der Waals surface area contributed by atoms with Crippen molar-refractivity contribution in [2.75, 3.05) is 26.6 Å². The molecule has 40 heavy (non-hydrogen) atoms. The Labute approximate surface area is 243 Å². The number of halogens is 1. The zero-order valence-corrected chi connectivity index (χ0v) is 24.6. The zero-order chi connectivity index (χ0) is 28.4. The number of hydrogen-bond acceptors (Lipinski definition) is 7. The predicted molar refractivity (Wildman–Crippen MR) is 159 cm³/mol. The first kappa shape index (κ1) is 27.4. The van der Waals surface area contributed by atoms with Crippen molar-refractivity contribution in [1.82, 2.24) is 4.57 Å². The van der Waals surface area contributed by atoms with Crippen LogP contribution in [-0.2, 0) is 4.79 Å². The maximum atomic E-state index is 14.0. The summed E-state index contributed by atoms with van der Waals surface area (Å²) in [5.41, 5.74) is 2.76. The van der Waals surface area contributed by atoms with E-state index in [1.165, 1.54) is 11.3 Å². The number of aromatic nitrogens is 1. The lowest BCUT2D eigenvalue weighted by molar-refractivity contribution is -0.113. The van der Waals surface area contributed by atoms with E-state index in [0.29, 0.717) is 48.0 Å². The fraction of sp³-hybridized carbons (Fsp3) is 0.167. The molecule has 10 heteroatoms. The van der Waals surface area contributed by atoms with Gasteiger partial charge in [-0.05, 0) is 76.5 Å². The summed E-state index contributed by atoms with van der Waals surface area (Å²) >= 11 is 4.77. The molecule has 8 nitrogen and oxygen atoms in total. The van der Waals surface area contributed by atoms with Crippen LogP contribution >= 0.6 is 27.3 Å². The molecule has 3 aromatic carbocycles. The molecule has 0 aliphatic carbocycles. The van der Waals surface area contributed by atoms with Crippen molar-refractivity contribution in [3.05, 3.63) is 113 Å². The first-order chi connectivity index (χ1) is 19.3. The predicted octanol–water partition coefficient (Wildman–Crippen LogP) is 4.66. The highest BCUT2D eigenvalue weighted by Crippen LogP contribution is 2.36. The van der Waals surface area contributed by atoms with Crippen molar-refractivity contribution in [1.29, 1.82) is 0 Å². The molecule has 0 unspecified atom stereocenters. The van der Waals surface area contributed by atoms with Crippen LogP contribution in [0.2, 0.25) is 0 Å². The van der Waals surface area contributed by atoms with E-state index in [-0.39, 0.29) is 11.5 Å². The number of anilines is 1. The molecule has 5 rings (SSSR count). The Morgan fingerprint density at radius 3 is 2.50 bits per heavy atom. The molecule has 0 spiro atoms. The summed E-state index contributed by atoms with van der Waals surface area (Å²) in [6.45, 7) is 1.79. The summed E-state index contributed by atoms with van der Waals surface area (Å²) in [6.07, 6.45) is 1.78. The highest BCUT2D eigenvalue weighted by molar-refractivity contribution is 9.10. The van der Waals surface area contributed by atoms with Crippen molar-refractivity contribution in [2.45, 2.75) is 13.0 Å². The number of hydrogen-bond donors (Lipinski definition) is 1. The highest BCUT2D eigenvalue weighted by Gasteiger charge is 2.32.